The van der Waals surface area contributed by atoms with Gasteiger partial charge in [-0.2, -0.15) is 5.26 Å². The number of pyridine rings is 2. The lowest BCUT2D eigenvalue weighted by atomic mass is 9.88. The maximum Gasteiger partial charge on any atom is 0.272 e. The molecule has 0 aliphatic carbocycles. The third-order valence-electron chi connectivity index (χ3n) is 15.4. The second-order valence-corrected chi connectivity index (χ2v) is 20.3. The zero-order valence-electron chi connectivity index (χ0n) is 43.6. The minimum Gasteiger partial charge on any atom is -0.497 e. The highest BCUT2D eigenvalue weighted by molar-refractivity contribution is 6.00. The normalized spacial score (nSPS) is 20.2. The Balaban J connectivity index is 0.000000209. The van der Waals surface area contributed by atoms with Gasteiger partial charge in [0.05, 0.1) is 25.9 Å². The van der Waals surface area contributed by atoms with Crippen molar-refractivity contribution in [2.45, 2.75) is 70.3 Å². The van der Waals surface area contributed by atoms with Gasteiger partial charge >= 0.3 is 0 Å². The van der Waals surface area contributed by atoms with Crippen LogP contribution in [0.2, 0.25) is 0 Å². The molecular weight excluding hydrogens is 985 g/mol. The monoisotopic (exact) mass is 1050 g/mol. The van der Waals surface area contributed by atoms with E-state index in [0.717, 1.165) is 5.56 Å². The van der Waals surface area contributed by atoms with E-state index in [9.17, 15) is 33.2 Å². The molecular formula is C60H65F2N7O8. The van der Waals surface area contributed by atoms with E-state index >= 15 is 4.39 Å². The topological polar surface area (TPSA) is 192 Å². The van der Waals surface area contributed by atoms with Crippen LogP contribution in [0, 0.1) is 35.0 Å². The van der Waals surface area contributed by atoms with E-state index in [-0.39, 0.29) is 95.9 Å². The summed E-state index contributed by atoms with van der Waals surface area (Å²) >= 11 is 0. The predicted molar refractivity (Wildman–Crippen MR) is 284 cm³/mol. The summed E-state index contributed by atoms with van der Waals surface area (Å²) in [6, 6.07) is 29.8. The zero-order chi connectivity index (χ0) is 54.4. The fourth-order valence-electron chi connectivity index (χ4n) is 10.5. The summed E-state index contributed by atoms with van der Waals surface area (Å²) in [6.07, 6.45) is 4.44. The molecule has 4 aliphatic rings. The molecule has 17 heteroatoms. The molecule has 0 spiro atoms. The lowest BCUT2D eigenvalue weighted by Crippen LogP contribution is -2.42. The van der Waals surface area contributed by atoms with Crippen molar-refractivity contribution in [2.24, 2.45) is 23.7 Å². The molecule has 77 heavy (non-hydrogen) atoms. The van der Waals surface area contributed by atoms with E-state index in [2.05, 4.69) is 21.4 Å². The standard InChI is InChI=1S/C34H35FN4O4.C26H30FN3O4/c1-43-29-9-6-25(7-10-29)33(41)26-13-16-39(17-14-26)34(42)31-11-8-28(20-37-31)32(40)18-27-12-15-38(22-30(27)35)21-24-4-2-23(19-36)3-5-24;1-34-21-5-2-17(3-6-21)25(32)18-9-12-30(13-10-18)26(33)23-7-4-20(15-29-23)24(31)14-19-8-11-28-16-22(19)27/h2-11,20,26-27,30H,12-18,21-22H2,1H3;2-7,15,18-19,22,28H,8-14,16H2,1H3/t27-,30+;19-,22+/m00/s1. The first-order valence-corrected chi connectivity index (χ1v) is 26.4. The number of hydrogen-bond acceptors (Lipinski definition) is 13. The maximum absolute atomic E-state index is 15.0. The van der Waals surface area contributed by atoms with Crippen molar-refractivity contribution >= 4 is 34.9 Å². The van der Waals surface area contributed by atoms with E-state index in [1.165, 1.54) is 12.4 Å². The molecule has 0 bridgehead atoms. The van der Waals surface area contributed by atoms with Crippen molar-refractivity contribution in [3.8, 4) is 17.6 Å². The number of methoxy groups -OCH3 is 2. The first-order valence-electron chi connectivity index (χ1n) is 26.4. The van der Waals surface area contributed by atoms with Crippen LogP contribution in [0.5, 0.6) is 11.5 Å². The molecule has 9 rings (SSSR count). The summed E-state index contributed by atoms with van der Waals surface area (Å²) in [4.78, 5) is 91.0. The molecule has 4 aliphatic heterocycles. The number of nitriles is 1. The number of benzene rings is 3. The van der Waals surface area contributed by atoms with Gasteiger partial charge in [-0.25, -0.2) is 8.78 Å². The number of hydrogen-bond donors (Lipinski definition) is 1. The fraction of sp³-hybridized carbons (Fsp3) is 0.417. The van der Waals surface area contributed by atoms with E-state index in [1.54, 1.807) is 109 Å². The van der Waals surface area contributed by atoms with Gasteiger partial charge in [0.15, 0.2) is 23.1 Å². The van der Waals surface area contributed by atoms with E-state index < -0.39 is 12.3 Å². The summed E-state index contributed by atoms with van der Waals surface area (Å²) in [5.41, 5.74) is 4.18. The Bertz CT molecular complexity index is 2880. The number of ketones is 4. The van der Waals surface area contributed by atoms with E-state index in [4.69, 9.17) is 14.7 Å². The minimum atomic E-state index is -1.12. The smallest absolute Gasteiger partial charge is 0.272 e. The first kappa shape index (κ1) is 55.7. The summed E-state index contributed by atoms with van der Waals surface area (Å²) in [7, 11) is 3.16. The number of aromatic nitrogens is 2. The van der Waals surface area contributed by atoms with Gasteiger partial charge in [0.1, 0.15) is 35.2 Å². The van der Waals surface area contributed by atoms with E-state index in [1.807, 2.05) is 17.0 Å². The first-order chi connectivity index (χ1) is 37.3. The molecule has 2 amide bonds. The molecule has 4 saturated heterocycles. The van der Waals surface area contributed by atoms with Crippen molar-refractivity contribution < 1.29 is 47.0 Å². The zero-order valence-corrected chi connectivity index (χ0v) is 43.6. The number of Topliss-reactive ketones (excluding diaryl/α,β-unsaturated/α-hetero) is 4. The molecule has 0 radical (unpaired) electrons. The number of nitrogens with zero attached hydrogens (tertiary/aromatic N) is 6. The Hall–Kier alpha value is -7.55. The average Bonchev–Trinajstić information content (AvgIpc) is 3.48. The number of alkyl halides is 2. The van der Waals surface area contributed by atoms with Crippen LogP contribution in [0.15, 0.2) is 109 Å². The molecule has 6 heterocycles. The van der Waals surface area contributed by atoms with Crippen molar-refractivity contribution in [2.75, 3.05) is 66.6 Å². The van der Waals surface area contributed by atoms with Crippen LogP contribution in [-0.2, 0) is 6.54 Å². The Morgan fingerprint density at radius 3 is 1.44 bits per heavy atom. The van der Waals surface area contributed by atoms with Gasteiger partial charge in [0.25, 0.3) is 11.8 Å². The average molecular weight is 1050 g/mol. The molecule has 5 aromatic rings. The minimum absolute atomic E-state index is 0.0724. The summed E-state index contributed by atoms with van der Waals surface area (Å²) in [5, 5.41) is 11.9. The number of ether oxygens (including phenoxy) is 2. The Morgan fingerprint density at radius 2 is 1.04 bits per heavy atom. The van der Waals surface area contributed by atoms with Gasteiger partial charge in [-0.05, 0) is 154 Å². The van der Waals surface area contributed by atoms with Gasteiger partial charge in [-0.15, -0.1) is 0 Å². The maximum atomic E-state index is 15.0. The molecule has 4 fully saturated rings. The predicted octanol–water partition coefficient (Wildman–Crippen LogP) is 8.48. The van der Waals surface area contributed by atoms with Crippen LogP contribution in [0.3, 0.4) is 0 Å². The van der Waals surface area contributed by atoms with Gasteiger partial charge < -0.3 is 24.6 Å². The number of halogens is 2. The number of likely N-dealkylation sites (tertiary alicyclic amines) is 3. The fourth-order valence-corrected chi connectivity index (χ4v) is 10.5. The Morgan fingerprint density at radius 1 is 0.584 bits per heavy atom. The number of rotatable bonds is 16. The van der Waals surface area contributed by atoms with Crippen molar-refractivity contribution in [1.82, 2.24) is 30.0 Å². The van der Waals surface area contributed by atoms with Gasteiger partial charge in [-0.1, -0.05) is 12.1 Å². The lowest BCUT2D eigenvalue weighted by molar-refractivity contribution is 0.0643. The molecule has 0 unspecified atom stereocenters. The van der Waals surface area contributed by atoms with Crippen LogP contribution in [0.4, 0.5) is 8.78 Å². The molecule has 3 aromatic carbocycles. The number of carbonyl (C=O) groups is 6. The van der Waals surface area contributed by atoms with Crippen LogP contribution in [0.1, 0.15) is 125 Å². The molecule has 0 saturated carbocycles. The molecule has 2 aromatic heterocycles. The van der Waals surface area contributed by atoms with Gasteiger partial charge in [-0.3, -0.25) is 43.6 Å². The summed E-state index contributed by atoms with van der Waals surface area (Å²) in [5.74, 6) is -0.141. The highest BCUT2D eigenvalue weighted by Gasteiger charge is 2.34. The second-order valence-electron chi connectivity index (χ2n) is 20.3. The van der Waals surface area contributed by atoms with Gasteiger partial charge in [0.2, 0.25) is 0 Å². The highest BCUT2D eigenvalue weighted by Crippen LogP contribution is 2.29. The van der Waals surface area contributed by atoms with Crippen molar-refractivity contribution in [3.05, 3.63) is 154 Å². The van der Waals surface area contributed by atoms with Crippen molar-refractivity contribution in [3.63, 3.8) is 0 Å². The van der Waals surface area contributed by atoms with Crippen LogP contribution < -0.4 is 14.8 Å². The third-order valence-corrected chi connectivity index (χ3v) is 15.4. The van der Waals surface area contributed by atoms with Crippen LogP contribution in [-0.4, -0.2) is 139 Å². The number of carbonyl (C=O) groups excluding carboxylic acids is 6. The number of piperidine rings is 4. The summed E-state index contributed by atoms with van der Waals surface area (Å²) in [6.45, 7) is 4.40. The molecule has 1 N–H and O–H groups in total. The van der Waals surface area contributed by atoms with Crippen LogP contribution >= 0.6 is 0 Å². The largest absolute Gasteiger partial charge is 0.497 e. The SMILES string of the molecule is COc1ccc(C(=O)C2CCN(C(=O)c3ccc(C(=O)C[C@@H]4CCN(Cc5ccc(C#N)cc5)C[C@H]4F)cn3)CC2)cc1.COc1ccc(C(=O)C2CCN(C(=O)c3ccc(C(=O)C[C@@H]4CCNC[C@H]4F)cn3)CC2)cc1. The molecule has 4 atom stereocenters. The quantitative estimate of drug-likeness (QED) is 0.0927. The highest BCUT2D eigenvalue weighted by atomic mass is 19.1. The lowest BCUT2D eigenvalue weighted by Gasteiger charge is -2.34. The third kappa shape index (κ3) is 14.5. The Labute approximate surface area is 448 Å². The Kier molecular flexibility index (Phi) is 19.1. The van der Waals surface area contributed by atoms with Crippen LogP contribution in [0.25, 0.3) is 0 Å². The summed E-state index contributed by atoms with van der Waals surface area (Å²) < 4.78 is 39.3. The number of amides is 2. The van der Waals surface area contributed by atoms with Gasteiger partial charge in [0, 0.05) is 105 Å². The molecule has 402 valence electrons. The van der Waals surface area contributed by atoms with E-state index in [0.29, 0.717) is 124 Å². The molecule has 15 nitrogen and oxygen atoms in total. The second kappa shape index (κ2) is 26.5. The van der Waals surface area contributed by atoms with Crippen molar-refractivity contribution in [1.29, 1.82) is 5.26 Å². The number of nitrogens with one attached hydrogen (secondary N) is 1.